The van der Waals surface area contributed by atoms with Crippen LogP contribution < -0.4 is 20.3 Å². The van der Waals surface area contributed by atoms with Crippen LogP contribution in [-0.4, -0.2) is 66.0 Å². The van der Waals surface area contributed by atoms with Gasteiger partial charge < -0.3 is 25.2 Å². The molecular formula is C30H29BrF3N7O2. The number of hydrogen-bond donors (Lipinski definition) is 2. The van der Waals surface area contributed by atoms with Crippen molar-refractivity contribution in [2.75, 3.05) is 49.8 Å². The molecule has 1 amide bonds. The molecule has 1 atom stereocenters. The number of nitrogens with zero attached hydrogens (tertiary/aromatic N) is 5. The maximum Gasteiger partial charge on any atom is 0.416 e. The van der Waals surface area contributed by atoms with Crippen LogP contribution in [0.2, 0.25) is 0 Å². The minimum atomic E-state index is -4.57. The first-order valence-corrected chi connectivity index (χ1v) is 14.2. The normalized spacial score (nSPS) is 15.3. The number of benzene rings is 2. The van der Waals surface area contributed by atoms with E-state index in [2.05, 4.69) is 46.4 Å². The molecule has 2 aromatic carbocycles. The Bertz CT molecular complexity index is 1640. The minimum absolute atomic E-state index is 0.0652. The molecule has 0 bridgehead atoms. The Labute approximate surface area is 255 Å². The third-order valence-electron chi connectivity index (χ3n) is 7.14. The molecule has 1 saturated heterocycles. The summed E-state index contributed by atoms with van der Waals surface area (Å²) in [6.07, 6.45) is -0.539. The number of pyridine rings is 1. The van der Waals surface area contributed by atoms with Gasteiger partial charge in [-0.05, 0) is 74.6 Å². The van der Waals surface area contributed by atoms with Crippen molar-refractivity contribution in [3.63, 3.8) is 0 Å². The molecule has 5 rings (SSSR count). The summed E-state index contributed by atoms with van der Waals surface area (Å²) >= 11 is 3.42. The van der Waals surface area contributed by atoms with Gasteiger partial charge in [-0.25, -0.2) is 15.0 Å². The standard InChI is InChI=1S/C30H29BrF3N7O2/c1-35-29-37-11-8-24(39-29)23-5-4-10-36-28(23)43-22-14-18(13-20(31)16-22)27(42)38-25-15-19(30(32,33)34)6-7-26(25)41(3)21-9-12-40(2)17-21/h4-8,10-11,13-16,21H,9,12,17H2,1-3H3,(H,38,42)(H,35,37,39)/t21-/m1/s1. The molecule has 3 heterocycles. The van der Waals surface area contributed by atoms with Crippen LogP contribution in [0.5, 0.6) is 11.6 Å². The molecule has 1 fully saturated rings. The molecular weight excluding hydrogens is 627 g/mol. The Balaban J connectivity index is 1.44. The van der Waals surface area contributed by atoms with E-state index in [9.17, 15) is 18.0 Å². The molecule has 0 aliphatic carbocycles. The summed E-state index contributed by atoms with van der Waals surface area (Å²) in [5.41, 5.74) is 1.06. The zero-order valence-corrected chi connectivity index (χ0v) is 25.2. The highest BCUT2D eigenvalue weighted by Crippen LogP contribution is 2.37. The summed E-state index contributed by atoms with van der Waals surface area (Å²) in [5.74, 6) is 0.362. The van der Waals surface area contributed by atoms with Crippen LogP contribution in [0.15, 0.2) is 71.5 Å². The van der Waals surface area contributed by atoms with Crippen molar-refractivity contribution in [3.05, 3.63) is 82.6 Å². The van der Waals surface area contributed by atoms with E-state index in [4.69, 9.17) is 4.74 Å². The predicted molar refractivity (Wildman–Crippen MR) is 163 cm³/mol. The highest BCUT2D eigenvalue weighted by molar-refractivity contribution is 9.10. The molecule has 224 valence electrons. The third kappa shape index (κ3) is 7.05. The molecule has 2 aromatic heterocycles. The van der Waals surface area contributed by atoms with E-state index in [1.54, 1.807) is 49.8 Å². The number of alkyl halides is 3. The lowest BCUT2D eigenvalue weighted by atomic mass is 10.1. The van der Waals surface area contributed by atoms with Crippen LogP contribution >= 0.6 is 15.9 Å². The van der Waals surface area contributed by atoms with E-state index in [-0.39, 0.29) is 28.9 Å². The Morgan fingerprint density at radius 1 is 1.12 bits per heavy atom. The molecule has 9 nitrogen and oxygen atoms in total. The summed E-state index contributed by atoms with van der Waals surface area (Å²) in [6, 6.07) is 13.5. The van der Waals surface area contributed by atoms with E-state index in [0.29, 0.717) is 27.4 Å². The zero-order chi connectivity index (χ0) is 30.7. The Hall–Kier alpha value is -4.23. The molecule has 0 spiro atoms. The number of carbonyl (C=O) groups is 1. The van der Waals surface area contributed by atoms with Gasteiger partial charge in [0.25, 0.3) is 5.91 Å². The van der Waals surface area contributed by atoms with Crippen LogP contribution in [0.1, 0.15) is 22.3 Å². The van der Waals surface area contributed by atoms with E-state index < -0.39 is 17.6 Å². The highest BCUT2D eigenvalue weighted by Gasteiger charge is 2.33. The number of likely N-dealkylation sites (N-methyl/N-ethyl adjacent to an activating group) is 2. The lowest BCUT2D eigenvalue weighted by molar-refractivity contribution is -0.137. The third-order valence-corrected chi connectivity index (χ3v) is 7.60. The van der Waals surface area contributed by atoms with E-state index >= 15 is 0 Å². The van der Waals surface area contributed by atoms with Crippen LogP contribution in [0.3, 0.4) is 0 Å². The number of rotatable bonds is 8. The number of ether oxygens (including phenoxy) is 1. The van der Waals surface area contributed by atoms with Crippen molar-refractivity contribution < 1.29 is 22.7 Å². The van der Waals surface area contributed by atoms with Gasteiger partial charge in [0.1, 0.15) is 5.75 Å². The van der Waals surface area contributed by atoms with E-state index in [0.717, 1.165) is 31.6 Å². The average molecular weight is 657 g/mol. The van der Waals surface area contributed by atoms with Gasteiger partial charge in [-0.2, -0.15) is 13.2 Å². The zero-order valence-electron chi connectivity index (χ0n) is 23.6. The van der Waals surface area contributed by atoms with Crippen LogP contribution in [0.25, 0.3) is 11.3 Å². The van der Waals surface area contributed by atoms with Crippen LogP contribution in [0, 0.1) is 0 Å². The van der Waals surface area contributed by atoms with Crippen LogP contribution in [0.4, 0.5) is 30.5 Å². The first kappa shape index (κ1) is 30.2. The van der Waals surface area contributed by atoms with E-state index in [1.807, 2.05) is 19.0 Å². The van der Waals surface area contributed by atoms with Crippen molar-refractivity contribution in [2.45, 2.75) is 18.6 Å². The van der Waals surface area contributed by atoms with Gasteiger partial charge in [0, 0.05) is 49.1 Å². The van der Waals surface area contributed by atoms with Crippen molar-refractivity contribution in [2.24, 2.45) is 0 Å². The molecule has 2 N–H and O–H groups in total. The topological polar surface area (TPSA) is 95.5 Å². The molecule has 0 unspecified atom stereocenters. The van der Waals surface area contributed by atoms with E-state index in [1.165, 1.54) is 12.1 Å². The molecule has 4 aromatic rings. The monoisotopic (exact) mass is 655 g/mol. The van der Waals surface area contributed by atoms with Gasteiger partial charge in [0.15, 0.2) is 0 Å². The fraction of sp³-hybridized carbons (Fsp3) is 0.267. The highest BCUT2D eigenvalue weighted by atomic mass is 79.9. The summed E-state index contributed by atoms with van der Waals surface area (Å²) in [7, 11) is 5.54. The lowest BCUT2D eigenvalue weighted by Gasteiger charge is -2.29. The Kier molecular flexibility index (Phi) is 8.83. The second-order valence-corrected chi connectivity index (χ2v) is 11.1. The fourth-order valence-electron chi connectivity index (χ4n) is 4.90. The maximum atomic E-state index is 13.7. The smallest absolute Gasteiger partial charge is 0.416 e. The van der Waals surface area contributed by atoms with Crippen molar-refractivity contribution in [1.29, 1.82) is 0 Å². The van der Waals surface area contributed by atoms with Gasteiger partial charge in [0.05, 0.1) is 28.2 Å². The fourth-order valence-corrected chi connectivity index (χ4v) is 5.37. The predicted octanol–water partition coefficient (Wildman–Crippen LogP) is 6.55. The Morgan fingerprint density at radius 3 is 2.65 bits per heavy atom. The quantitative estimate of drug-likeness (QED) is 0.221. The summed E-state index contributed by atoms with van der Waals surface area (Å²) in [5, 5.41) is 5.61. The maximum absolute atomic E-state index is 13.7. The molecule has 43 heavy (non-hydrogen) atoms. The average Bonchev–Trinajstić information content (AvgIpc) is 3.42. The molecule has 1 aliphatic heterocycles. The van der Waals surface area contributed by atoms with Gasteiger partial charge in [-0.15, -0.1) is 0 Å². The number of carbonyl (C=O) groups excluding carboxylic acids is 1. The molecule has 13 heteroatoms. The molecule has 1 aliphatic rings. The van der Waals surface area contributed by atoms with Crippen molar-refractivity contribution in [3.8, 4) is 22.9 Å². The second kappa shape index (κ2) is 12.6. The number of anilines is 3. The Morgan fingerprint density at radius 2 is 1.93 bits per heavy atom. The largest absolute Gasteiger partial charge is 0.438 e. The summed E-state index contributed by atoms with van der Waals surface area (Å²) in [4.78, 5) is 30.5. The van der Waals surface area contributed by atoms with Crippen molar-refractivity contribution >= 4 is 39.2 Å². The van der Waals surface area contributed by atoms with Gasteiger partial charge in [-0.1, -0.05) is 15.9 Å². The molecule has 0 saturated carbocycles. The summed E-state index contributed by atoms with van der Waals surface area (Å²) < 4.78 is 47.6. The van der Waals surface area contributed by atoms with Gasteiger partial charge >= 0.3 is 6.18 Å². The number of nitrogens with one attached hydrogen (secondary N) is 2. The molecule has 0 radical (unpaired) electrons. The number of likely N-dealkylation sites (tertiary alicyclic amines) is 1. The minimum Gasteiger partial charge on any atom is -0.438 e. The number of aromatic nitrogens is 3. The summed E-state index contributed by atoms with van der Waals surface area (Å²) in [6.45, 7) is 1.64. The van der Waals surface area contributed by atoms with Crippen LogP contribution in [-0.2, 0) is 6.18 Å². The first-order valence-electron chi connectivity index (χ1n) is 13.4. The van der Waals surface area contributed by atoms with Crippen molar-refractivity contribution in [1.82, 2.24) is 19.9 Å². The first-order chi connectivity index (χ1) is 20.5. The van der Waals surface area contributed by atoms with Gasteiger partial charge in [0.2, 0.25) is 11.8 Å². The number of amides is 1. The SMILES string of the molecule is CNc1nccc(-c2cccnc2Oc2cc(Br)cc(C(=O)Nc3cc(C(F)(F)F)ccc3N(C)[C@@H]3CCN(C)C3)c2)n1. The second-order valence-electron chi connectivity index (χ2n) is 10.1. The number of halogens is 4. The lowest BCUT2D eigenvalue weighted by Crippen LogP contribution is -2.34. The number of hydrogen-bond acceptors (Lipinski definition) is 8. The van der Waals surface area contributed by atoms with Gasteiger partial charge in [-0.3, -0.25) is 4.79 Å².